The Kier molecular flexibility index (Phi) is 4.08. The van der Waals surface area contributed by atoms with Crippen LogP contribution < -0.4 is 11.1 Å². The fraction of sp³-hybridized carbons (Fsp3) is 0.333. The second-order valence-electron chi connectivity index (χ2n) is 4.99. The van der Waals surface area contributed by atoms with E-state index in [2.05, 4.69) is 16.4 Å². The van der Waals surface area contributed by atoms with Gasteiger partial charge in [-0.25, -0.2) is 0 Å². The minimum Gasteiger partial charge on any atom is -0.389 e. The summed E-state index contributed by atoms with van der Waals surface area (Å²) in [4.78, 5) is 4.84. The minimum absolute atomic E-state index is 0.397. The highest BCUT2D eigenvalue weighted by Crippen LogP contribution is 2.29. The number of thiocarbonyl (C=S) groups is 1. The van der Waals surface area contributed by atoms with E-state index in [-0.39, 0.29) is 0 Å². The molecule has 3 N–H and O–H groups in total. The standard InChI is InChI=1S/C15H17N3S2/c16-15(19)12-8-17-13-6-2-1-5-11(13)14(12)18-10-4-3-7-20-9-10/h1-2,5-6,8,10H,3-4,7,9H2,(H2,16,19)(H,17,18). The Morgan fingerprint density at radius 3 is 3.00 bits per heavy atom. The number of rotatable bonds is 3. The van der Waals surface area contributed by atoms with Gasteiger partial charge in [0.25, 0.3) is 0 Å². The number of hydrogen-bond donors (Lipinski definition) is 2. The van der Waals surface area contributed by atoms with Crippen molar-refractivity contribution in [2.45, 2.75) is 18.9 Å². The summed E-state index contributed by atoms with van der Waals surface area (Å²) in [6, 6.07) is 8.58. The average Bonchev–Trinajstić information content (AvgIpc) is 2.48. The van der Waals surface area contributed by atoms with Crippen molar-refractivity contribution >= 4 is 45.6 Å². The van der Waals surface area contributed by atoms with Gasteiger partial charge < -0.3 is 11.1 Å². The highest BCUT2D eigenvalue weighted by Gasteiger charge is 2.17. The molecule has 0 amide bonds. The van der Waals surface area contributed by atoms with Gasteiger partial charge in [-0.15, -0.1) is 0 Å². The number of thioether (sulfide) groups is 1. The minimum atomic E-state index is 0.397. The molecule has 2 aromatic rings. The third-order valence-corrected chi connectivity index (χ3v) is 4.99. The van der Waals surface area contributed by atoms with Gasteiger partial charge in [0.2, 0.25) is 0 Å². The third kappa shape index (κ3) is 2.74. The van der Waals surface area contributed by atoms with Crippen molar-refractivity contribution in [2.75, 3.05) is 16.8 Å². The fourth-order valence-electron chi connectivity index (χ4n) is 2.54. The highest BCUT2D eigenvalue weighted by atomic mass is 32.2. The molecule has 2 heterocycles. The van der Waals surface area contributed by atoms with Gasteiger partial charge in [0.1, 0.15) is 4.99 Å². The highest BCUT2D eigenvalue weighted by molar-refractivity contribution is 7.99. The van der Waals surface area contributed by atoms with E-state index in [0.717, 1.165) is 27.9 Å². The molecule has 1 saturated heterocycles. The summed E-state index contributed by atoms with van der Waals surface area (Å²) in [5.74, 6) is 2.39. The van der Waals surface area contributed by atoms with Crippen molar-refractivity contribution in [3.63, 3.8) is 0 Å². The Labute approximate surface area is 128 Å². The van der Waals surface area contributed by atoms with Crippen LogP contribution in [-0.4, -0.2) is 27.5 Å². The van der Waals surface area contributed by atoms with E-state index in [1.807, 2.05) is 30.0 Å². The number of para-hydroxylation sites is 1. The molecule has 1 aliphatic rings. The summed E-state index contributed by atoms with van der Waals surface area (Å²) >= 11 is 7.17. The normalized spacial score (nSPS) is 18.9. The van der Waals surface area contributed by atoms with Crippen molar-refractivity contribution in [3.05, 3.63) is 36.0 Å². The molecule has 0 spiro atoms. The van der Waals surface area contributed by atoms with E-state index in [0.29, 0.717) is 11.0 Å². The zero-order valence-electron chi connectivity index (χ0n) is 11.1. The predicted octanol–water partition coefficient (Wildman–Crippen LogP) is 3.18. The van der Waals surface area contributed by atoms with E-state index in [4.69, 9.17) is 18.0 Å². The van der Waals surface area contributed by atoms with Crippen molar-refractivity contribution < 1.29 is 0 Å². The summed E-state index contributed by atoms with van der Waals surface area (Å²) in [5.41, 5.74) is 8.71. The molecule has 1 aromatic carbocycles. The largest absolute Gasteiger partial charge is 0.389 e. The van der Waals surface area contributed by atoms with Gasteiger partial charge in [-0.3, -0.25) is 4.98 Å². The third-order valence-electron chi connectivity index (χ3n) is 3.55. The number of anilines is 1. The molecular formula is C15H17N3S2. The zero-order chi connectivity index (χ0) is 13.9. The van der Waals surface area contributed by atoms with Crippen LogP contribution in [-0.2, 0) is 0 Å². The monoisotopic (exact) mass is 303 g/mol. The predicted molar refractivity (Wildman–Crippen MR) is 91.6 cm³/mol. The Morgan fingerprint density at radius 1 is 1.40 bits per heavy atom. The summed E-state index contributed by atoms with van der Waals surface area (Å²) in [7, 11) is 0. The molecule has 1 aliphatic heterocycles. The summed E-state index contributed by atoms with van der Waals surface area (Å²) < 4.78 is 0. The number of nitrogens with one attached hydrogen (secondary N) is 1. The van der Waals surface area contributed by atoms with Crippen LogP contribution in [0.5, 0.6) is 0 Å². The zero-order valence-corrected chi connectivity index (χ0v) is 12.8. The molecule has 0 saturated carbocycles. The number of pyridine rings is 1. The molecule has 104 valence electrons. The van der Waals surface area contributed by atoms with E-state index in [9.17, 15) is 0 Å². The van der Waals surface area contributed by atoms with Crippen LogP contribution in [0.25, 0.3) is 10.9 Å². The maximum absolute atomic E-state index is 5.86. The van der Waals surface area contributed by atoms with Gasteiger partial charge in [-0.05, 0) is 24.7 Å². The number of benzene rings is 1. The molecule has 1 unspecified atom stereocenters. The lowest BCUT2D eigenvalue weighted by Gasteiger charge is -2.25. The molecule has 5 heteroatoms. The molecule has 20 heavy (non-hydrogen) atoms. The lowest BCUT2D eigenvalue weighted by atomic mass is 10.1. The Balaban J connectivity index is 2.04. The Bertz CT molecular complexity index is 636. The maximum Gasteiger partial charge on any atom is 0.107 e. The SMILES string of the molecule is NC(=S)c1cnc2ccccc2c1NC1CCCSC1. The quantitative estimate of drug-likeness (QED) is 0.853. The molecule has 0 radical (unpaired) electrons. The lowest BCUT2D eigenvalue weighted by molar-refractivity contribution is 0.685. The van der Waals surface area contributed by atoms with Crippen LogP contribution in [0.4, 0.5) is 5.69 Å². The van der Waals surface area contributed by atoms with E-state index in [1.54, 1.807) is 6.20 Å². The first-order valence-corrected chi connectivity index (χ1v) is 8.34. The maximum atomic E-state index is 5.86. The first-order chi connectivity index (χ1) is 9.75. The lowest BCUT2D eigenvalue weighted by Crippen LogP contribution is -2.27. The smallest absolute Gasteiger partial charge is 0.107 e. The van der Waals surface area contributed by atoms with E-state index in [1.165, 1.54) is 18.6 Å². The van der Waals surface area contributed by atoms with Crippen molar-refractivity contribution in [1.29, 1.82) is 0 Å². The number of aromatic nitrogens is 1. The van der Waals surface area contributed by atoms with Gasteiger partial charge >= 0.3 is 0 Å². The van der Waals surface area contributed by atoms with Gasteiger partial charge in [-0.2, -0.15) is 11.8 Å². The van der Waals surface area contributed by atoms with Crippen LogP contribution in [0.2, 0.25) is 0 Å². The van der Waals surface area contributed by atoms with Crippen LogP contribution in [0, 0.1) is 0 Å². The summed E-state index contributed by atoms with van der Waals surface area (Å²) in [6.07, 6.45) is 4.23. The first kappa shape index (κ1) is 13.6. The molecule has 0 bridgehead atoms. The molecule has 3 nitrogen and oxygen atoms in total. The topological polar surface area (TPSA) is 50.9 Å². The van der Waals surface area contributed by atoms with E-state index < -0.39 is 0 Å². The Morgan fingerprint density at radius 2 is 2.25 bits per heavy atom. The molecule has 1 atom stereocenters. The van der Waals surface area contributed by atoms with Gasteiger partial charge in [0, 0.05) is 23.4 Å². The van der Waals surface area contributed by atoms with Crippen LogP contribution >= 0.6 is 24.0 Å². The van der Waals surface area contributed by atoms with Crippen molar-refractivity contribution in [3.8, 4) is 0 Å². The van der Waals surface area contributed by atoms with Crippen molar-refractivity contribution in [1.82, 2.24) is 4.98 Å². The van der Waals surface area contributed by atoms with Gasteiger partial charge in [0.15, 0.2) is 0 Å². The van der Waals surface area contributed by atoms with Crippen molar-refractivity contribution in [2.24, 2.45) is 5.73 Å². The average molecular weight is 303 g/mol. The second-order valence-corrected chi connectivity index (χ2v) is 6.58. The number of nitrogens with two attached hydrogens (primary N) is 1. The second kappa shape index (κ2) is 5.97. The van der Waals surface area contributed by atoms with Gasteiger partial charge in [0.05, 0.1) is 16.8 Å². The molecule has 0 aliphatic carbocycles. The molecule has 1 aromatic heterocycles. The molecule has 3 rings (SSSR count). The van der Waals surface area contributed by atoms with Crippen LogP contribution in [0.15, 0.2) is 30.5 Å². The first-order valence-electron chi connectivity index (χ1n) is 6.77. The van der Waals surface area contributed by atoms with E-state index >= 15 is 0 Å². The number of nitrogens with zero attached hydrogens (tertiary/aromatic N) is 1. The molecular weight excluding hydrogens is 286 g/mol. The summed E-state index contributed by atoms with van der Waals surface area (Å²) in [5, 5.41) is 4.74. The Hall–Kier alpha value is -1.33. The fourth-order valence-corrected chi connectivity index (χ4v) is 3.77. The van der Waals surface area contributed by atoms with Gasteiger partial charge in [-0.1, -0.05) is 30.4 Å². The summed E-state index contributed by atoms with van der Waals surface area (Å²) in [6.45, 7) is 0. The number of hydrogen-bond acceptors (Lipinski definition) is 4. The van der Waals surface area contributed by atoms with Crippen LogP contribution in [0.1, 0.15) is 18.4 Å². The number of fused-ring (bicyclic) bond motifs is 1. The van der Waals surface area contributed by atoms with Crippen LogP contribution in [0.3, 0.4) is 0 Å². The molecule has 1 fully saturated rings.